The van der Waals surface area contributed by atoms with Gasteiger partial charge < -0.3 is 10.1 Å². The maximum Gasteiger partial charge on any atom is 0.0710 e. The normalized spacial score (nSPS) is 35.7. The van der Waals surface area contributed by atoms with Crippen LogP contribution in [0, 0.1) is 0 Å². The summed E-state index contributed by atoms with van der Waals surface area (Å²) in [6, 6.07) is 0. The molecular weight excluding hydrogens is 260 g/mol. The molecule has 4 fully saturated rings. The third kappa shape index (κ3) is 3.02. The molecule has 1 atom stereocenters. The molecule has 0 aromatic heterocycles. The van der Waals surface area contributed by atoms with E-state index in [1.807, 2.05) is 0 Å². The van der Waals surface area contributed by atoms with E-state index in [1.54, 1.807) is 0 Å². The summed E-state index contributed by atoms with van der Waals surface area (Å²) in [5.74, 6) is 0. The Labute approximate surface area is 129 Å². The highest BCUT2D eigenvalue weighted by Crippen LogP contribution is 2.43. The second-order valence-corrected chi connectivity index (χ2v) is 8.17. The Bertz CT molecular complexity index is 358. The van der Waals surface area contributed by atoms with Gasteiger partial charge in [-0.2, -0.15) is 0 Å². The van der Waals surface area contributed by atoms with Crippen molar-refractivity contribution in [3.05, 3.63) is 0 Å². The molecule has 0 aromatic carbocycles. The van der Waals surface area contributed by atoms with E-state index in [2.05, 4.69) is 10.2 Å². The molecule has 21 heavy (non-hydrogen) atoms. The van der Waals surface area contributed by atoms with Crippen molar-refractivity contribution in [2.24, 2.45) is 0 Å². The summed E-state index contributed by atoms with van der Waals surface area (Å²) in [5.41, 5.74) is 0.750. The van der Waals surface area contributed by atoms with Gasteiger partial charge >= 0.3 is 0 Å². The molecular formula is C18H32N2O. The van der Waals surface area contributed by atoms with Crippen LogP contribution >= 0.6 is 0 Å². The van der Waals surface area contributed by atoms with Crippen molar-refractivity contribution in [1.29, 1.82) is 0 Å². The predicted molar refractivity (Wildman–Crippen MR) is 85.6 cm³/mol. The van der Waals surface area contributed by atoms with Gasteiger partial charge in [0.1, 0.15) is 0 Å². The van der Waals surface area contributed by atoms with Gasteiger partial charge in [0, 0.05) is 18.6 Å². The maximum atomic E-state index is 6.54. The van der Waals surface area contributed by atoms with Crippen LogP contribution in [0.25, 0.3) is 0 Å². The first-order chi connectivity index (χ1) is 10.3. The van der Waals surface area contributed by atoms with E-state index in [1.165, 1.54) is 96.8 Å². The smallest absolute Gasteiger partial charge is 0.0710 e. The summed E-state index contributed by atoms with van der Waals surface area (Å²) in [7, 11) is 0. The van der Waals surface area contributed by atoms with Crippen LogP contribution in [0.5, 0.6) is 0 Å². The fraction of sp³-hybridized carbons (Fsp3) is 1.00. The number of rotatable bonds is 2. The van der Waals surface area contributed by atoms with Gasteiger partial charge in [-0.05, 0) is 58.0 Å². The van der Waals surface area contributed by atoms with E-state index in [0.29, 0.717) is 17.2 Å². The van der Waals surface area contributed by atoms with E-state index in [4.69, 9.17) is 4.74 Å². The molecule has 2 aliphatic heterocycles. The van der Waals surface area contributed by atoms with Crippen molar-refractivity contribution in [2.45, 2.75) is 87.9 Å². The summed E-state index contributed by atoms with van der Waals surface area (Å²) in [6.45, 7) is 4.93. The second-order valence-electron chi connectivity index (χ2n) is 8.17. The monoisotopic (exact) mass is 292 g/mol. The number of ether oxygens (including phenoxy) is 1. The Kier molecular flexibility index (Phi) is 4.01. The molecule has 2 aliphatic carbocycles. The lowest BCUT2D eigenvalue weighted by molar-refractivity contribution is -0.0484. The number of nitrogens with one attached hydrogen (secondary N) is 1. The summed E-state index contributed by atoms with van der Waals surface area (Å²) >= 11 is 0. The first-order valence-electron chi connectivity index (χ1n) is 9.43. The van der Waals surface area contributed by atoms with Gasteiger partial charge in [0.15, 0.2) is 0 Å². The number of nitrogens with zero attached hydrogens (tertiary/aromatic N) is 1. The first-order valence-corrected chi connectivity index (χ1v) is 9.43. The largest absolute Gasteiger partial charge is 0.370 e. The van der Waals surface area contributed by atoms with Crippen LogP contribution in [0.4, 0.5) is 0 Å². The summed E-state index contributed by atoms with van der Waals surface area (Å²) in [4.78, 5) is 2.73. The Hall–Kier alpha value is -0.120. The second kappa shape index (κ2) is 5.82. The lowest BCUT2D eigenvalue weighted by atomic mass is 9.96. The predicted octanol–water partition coefficient (Wildman–Crippen LogP) is 3.09. The third-order valence-electron chi connectivity index (χ3n) is 6.55. The van der Waals surface area contributed by atoms with Gasteiger partial charge in [-0.25, -0.2) is 0 Å². The van der Waals surface area contributed by atoms with Crippen molar-refractivity contribution in [3.63, 3.8) is 0 Å². The molecule has 2 saturated carbocycles. The van der Waals surface area contributed by atoms with Crippen LogP contribution in [-0.2, 0) is 4.74 Å². The molecule has 3 heteroatoms. The summed E-state index contributed by atoms with van der Waals surface area (Å²) < 4.78 is 6.54. The molecule has 1 unspecified atom stereocenters. The minimum atomic E-state index is 0.305. The van der Waals surface area contributed by atoms with Gasteiger partial charge in [0.2, 0.25) is 0 Å². The van der Waals surface area contributed by atoms with Crippen molar-refractivity contribution < 1.29 is 4.74 Å². The highest BCUT2D eigenvalue weighted by molar-refractivity contribution is 4.98. The fourth-order valence-corrected chi connectivity index (χ4v) is 5.46. The zero-order valence-electron chi connectivity index (χ0n) is 13.5. The standard InChI is InChI=1S/C18H32N2O/c1-2-8-17(7-1)15-20(13-5-12-19-17)14-16-6-11-18(21-16)9-3-4-10-18/h16,19H,1-15H2. The first kappa shape index (κ1) is 14.5. The Morgan fingerprint density at radius 3 is 2.52 bits per heavy atom. The number of hydrogen-bond donors (Lipinski definition) is 1. The minimum Gasteiger partial charge on any atom is -0.370 e. The molecule has 2 spiro atoms. The molecule has 0 radical (unpaired) electrons. The van der Waals surface area contributed by atoms with E-state index >= 15 is 0 Å². The molecule has 1 N–H and O–H groups in total. The van der Waals surface area contributed by atoms with Crippen molar-refractivity contribution >= 4 is 0 Å². The van der Waals surface area contributed by atoms with Gasteiger partial charge in [0.25, 0.3) is 0 Å². The topological polar surface area (TPSA) is 24.5 Å². The van der Waals surface area contributed by atoms with Crippen LogP contribution in [0.2, 0.25) is 0 Å². The lowest BCUT2D eigenvalue weighted by Gasteiger charge is -2.34. The fourth-order valence-electron chi connectivity index (χ4n) is 5.46. The summed E-state index contributed by atoms with van der Waals surface area (Å²) in [6.07, 6.45) is 15.5. The highest BCUT2D eigenvalue weighted by Gasteiger charge is 2.43. The molecule has 3 nitrogen and oxygen atoms in total. The van der Waals surface area contributed by atoms with E-state index in [0.717, 1.165) is 0 Å². The molecule has 0 bridgehead atoms. The van der Waals surface area contributed by atoms with Gasteiger partial charge in [0.05, 0.1) is 11.7 Å². The lowest BCUT2D eigenvalue weighted by Crippen LogP contribution is -2.50. The van der Waals surface area contributed by atoms with Crippen LogP contribution < -0.4 is 5.32 Å². The van der Waals surface area contributed by atoms with E-state index in [9.17, 15) is 0 Å². The average Bonchev–Trinajstić information content (AvgIpc) is 3.16. The Balaban J connectivity index is 1.35. The van der Waals surface area contributed by atoms with Crippen molar-refractivity contribution in [3.8, 4) is 0 Å². The maximum absolute atomic E-state index is 6.54. The van der Waals surface area contributed by atoms with E-state index < -0.39 is 0 Å². The third-order valence-corrected chi connectivity index (χ3v) is 6.55. The quantitative estimate of drug-likeness (QED) is 0.846. The SMILES string of the molecule is C1CNC2(CCCC2)CN(CC2CCC3(CCCC3)O2)C1. The van der Waals surface area contributed by atoms with Gasteiger partial charge in [-0.1, -0.05) is 25.7 Å². The van der Waals surface area contributed by atoms with E-state index in [-0.39, 0.29) is 0 Å². The van der Waals surface area contributed by atoms with Crippen LogP contribution in [0.1, 0.15) is 70.6 Å². The zero-order valence-corrected chi connectivity index (χ0v) is 13.5. The molecule has 0 aromatic rings. The molecule has 2 heterocycles. The van der Waals surface area contributed by atoms with Crippen molar-refractivity contribution in [1.82, 2.24) is 10.2 Å². The van der Waals surface area contributed by atoms with Gasteiger partial charge in [-0.15, -0.1) is 0 Å². The van der Waals surface area contributed by atoms with Crippen LogP contribution in [-0.4, -0.2) is 48.3 Å². The highest BCUT2D eigenvalue weighted by atomic mass is 16.5. The Morgan fingerprint density at radius 1 is 0.952 bits per heavy atom. The summed E-state index contributed by atoms with van der Waals surface area (Å²) in [5, 5.41) is 3.88. The Morgan fingerprint density at radius 2 is 1.71 bits per heavy atom. The molecule has 2 saturated heterocycles. The molecule has 120 valence electrons. The van der Waals surface area contributed by atoms with Crippen molar-refractivity contribution in [2.75, 3.05) is 26.2 Å². The molecule has 0 amide bonds. The zero-order chi connectivity index (χ0) is 14.2. The van der Waals surface area contributed by atoms with Crippen LogP contribution in [0.15, 0.2) is 0 Å². The molecule has 4 aliphatic rings. The minimum absolute atomic E-state index is 0.305. The average molecular weight is 292 g/mol. The van der Waals surface area contributed by atoms with Crippen LogP contribution in [0.3, 0.4) is 0 Å². The van der Waals surface area contributed by atoms with Gasteiger partial charge in [-0.3, -0.25) is 4.90 Å². The molecule has 4 rings (SSSR count). The number of hydrogen-bond acceptors (Lipinski definition) is 3.